The number of carbonyl (C=O) groups excluding carboxylic acids is 1. The van der Waals surface area contributed by atoms with Crippen molar-refractivity contribution in [1.82, 2.24) is 5.32 Å². The van der Waals surface area contributed by atoms with Crippen LogP contribution in [0.3, 0.4) is 0 Å². The largest absolute Gasteiger partial charge is 0.492 e. The molecule has 21 heavy (non-hydrogen) atoms. The van der Waals surface area contributed by atoms with Crippen LogP contribution in [0.4, 0.5) is 0 Å². The smallest absolute Gasteiger partial charge is 0.287 e. The van der Waals surface area contributed by atoms with E-state index in [0.29, 0.717) is 18.9 Å². The molecule has 1 amide bonds. The summed E-state index contributed by atoms with van der Waals surface area (Å²) >= 11 is 5.62. The number of carbonyl (C=O) groups is 1. The number of benzene rings is 1. The van der Waals surface area contributed by atoms with Crippen LogP contribution in [0.25, 0.3) is 0 Å². The SMILES string of the molecule is CCc1ccc(OCCNC(=O)c2ccc(CCl)o2)cc1. The maximum Gasteiger partial charge on any atom is 0.287 e. The Morgan fingerprint density at radius 3 is 2.62 bits per heavy atom. The Morgan fingerprint density at radius 2 is 2.00 bits per heavy atom. The van der Waals surface area contributed by atoms with Gasteiger partial charge in [0.1, 0.15) is 18.1 Å². The predicted molar refractivity (Wildman–Crippen MR) is 81.9 cm³/mol. The number of hydrogen-bond donors (Lipinski definition) is 1. The van der Waals surface area contributed by atoms with E-state index in [1.165, 1.54) is 5.56 Å². The maximum absolute atomic E-state index is 11.8. The van der Waals surface area contributed by atoms with Crippen molar-refractivity contribution in [2.24, 2.45) is 0 Å². The van der Waals surface area contributed by atoms with Crippen LogP contribution in [0.15, 0.2) is 40.8 Å². The lowest BCUT2D eigenvalue weighted by Gasteiger charge is -2.07. The van der Waals surface area contributed by atoms with Crippen LogP contribution in [-0.4, -0.2) is 19.1 Å². The summed E-state index contributed by atoms with van der Waals surface area (Å²) in [5.74, 6) is 1.62. The molecular formula is C16H18ClNO3. The first-order valence-electron chi connectivity index (χ1n) is 6.87. The van der Waals surface area contributed by atoms with Gasteiger partial charge in [0.05, 0.1) is 12.4 Å². The van der Waals surface area contributed by atoms with Gasteiger partial charge in [-0.25, -0.2) is 0 Å². The minimum Gasteiger partial charge on any atom is -0.492 e. The molecule has 0 spiro atoms. The van der Waals surface area contributed by atoms with E-state index in [1.807, 2.05) is 24.3 Å². The summed E-state index contributed by atoms with van der Waals surface area (Å²) in [4.78, 5) is 11.8. The molecule has 1 aromatic carbocycles. The summed E-state index contributed by atoms with van der Waals surface area (Å²) in [5, 5.41) is 2.73. The van der Waals surface area contributed by atoms with Crippen molar-refractivity contribution < 1.29 is 13.9 Å². The van der Waals surface area contributed by atoms with E-state index in [0.717, 1.165) is 12.2 Å². The monoisotopic (exact) mass is 307 g/mol. The van der Waals surface area contributed by atoms with Gasteiger partial charge in [0, 0.05) is 0 Å². The average molecular weight is 308 g/mol. The van der Waals surface area contributed by atoms with Gasteiger partial charge in [0.25, 0.3) is 5.91 Å². The topological polar surface area (TPSA) is 51.5 Å². The molecule has 0 saturated carbocycles. The van der Waals surface area contributed by atoms with Crippen molar-refractivity contribution in [2.45, 2.75) is 19.2 Å². The van der Waals surface area contributed by atoms with Crippen LogP contribution in [0.2, 0.25) is 0 Å². The lowest BCUT2D eigenvalue weighted by Crippen LogP contribution is -2.27. The zero-order chi connectivity index (χ0) is 15.1. The van der Waals surface area contributed by atoms with Crippen molar-refractivity contribution >= 4 is 17.5 Å². The maximum atomic E-state index is 11.8. The summed E-state index contributed by atoms with van der Waals surface area (Å²) in [5.41, 5.74) is 1.27. The van der Waals surface area contributed by atoms with Crippen molar-refractivity contribution in [1.29, 1.82) is 0 Å². The minimum atomic E-state index is -0.267. The van der Waals surface area contributed by atoms with Gasteiger partial charge < -0.3 is 14.5 Å². The number of amides is 1. The van der Waals surface area contributed by atoms with Gasteiger partial charge in [-0.1, -0.05) is 19.1 Å². The minimum absolute atomic E-state index is 0.254. The number of rotatable bonds is 7. The highest BCUT2D eigenvalue weighted by molar-refractivity contribution is 6.16. The number of furan rings is 1. The molecule has 5 heteroatoms. The molecule has 0 atom stereocenters. The second kappa shape index (κ2) is 7.74. The van der Waals surface area contributed by atoms with Crippen molar-refractivity contribution in [3.63, 3.8) is 0 Å². The van der Waals surface area contributed by atoms with E-state index in [2.05, 4.69) is 12.2 Å². The van der Waals surface area contributed by atoms with Crippen molar-refractivity contribution in [3.8, 4) is 5.75 Å². The fourth-order valence-electron chi connectivity index (χ4n) is 1.81. The molecule has 0 unspecified atom stereocenters. The average Bonchev–Trinajstić information content (AvgIpc) is 3.01. The number of hydrogen-bond acceptors (Lipinski definition) is 3. The molecule has 0 bridgehead atoms. The predicted octanol–water partition coefficient (Wildman–Crippen LogP) is 3.39. The number of halogens is 1. The molecule has 112 valence electrons. The molecule has 1 N–H and O–H groups in total. The summed E-state index contributed by atoms with van der Waals surface area (Å²) in [6.45, 7) is 2.92. The highest BCUT2D eigenvalue weighted by atomic mass is 35.5. The summed E-state index contributed by atoms with van der Waals surface area (Å²) in [6, 6.07) is 11.2. The number of ether oxygens (including phenoxy) is 1. The van der Waals surface area contributed by atoms with E-state index in [-0.39, 0.29) is 17.5 Å². The van der Waals surface area contributed by atoms with Crippen molar-refractivity contribution in [2.75, 3.05) is 13.2 Å². The molecule has 4 nitrogen and oxygen atoms in total. The van der Waals surface area contributed by atoms with Crippen LogP contribution in [0.1, 0.15) is 28.8 Å². The quantitative estimate of drug-likeness (QED) is 0.630. The second-order valence-electron chi connectivity index (χ2n) is 4.50. The van der Waals surface area contributed by atoms with Gasteiger partial charge in [-0.05, 0) is 36.2 Å². The standard InChI is InChI=1S/C16H18ClNO3/c1-2-12-3-5-13(6-4-12)20-10-9-18-16(19)15-8-7-14(11-17)21-15/h3-8H,2,9-11H2,1H3,(H,18,19). The highest BCUT2D eigenvalue weighted by Gasteiger charge is 2.09. The molecule has 2 rings (SSSR count). The van der Waals surface area contributed by atoms with Gasteiger partial charge in [-0.3, -0.25) is 4.79 Å². The van der Waals surface area contributed by atoms with Crippen LogP contribution in [-0.2, 0) is 12.3 Å². The third-order valence-corrected chi connectivity index (χ3v) is 3.27. The van der Waals surface area contributed by atoms with Crippen LogP contribution >= 0.6 is 11.6 Å². The van der Waals surface area contributed by atoms with E-state index >= 15 is 0 Å². The molecule has 0 fully saturated rings. The van der Waals surface area contributed by atoms with Gasteiger partial charge in [0.15, 0.2) is 5.76 Å². The fraction of sp³-hybridized carbons (Fsp3) is 0.312. The molecule has 1 heterocycles. The van der Waals surface area contributed by atoms with E-state index < -0.39 is 0 Å². The van der Waals surface area contributed by atoms with Gasteiger partial charge in [-0.15, -0.1) is 11.6 Å². The number of alkyl halides is 1. The summed E-state index contributed by atoms with van der Waals surface area (Å²) in [6.07, 6.45) is 1.00. The number of aryl methyl sites for hydroxylation is 1. The van der Waals surface area contributed by atoms with E-state index in [4.69, 9.17) is 20.8 Å². The summed E-state index contributed by atoms with van der Waals surface area (Å²) in [7, 11) is 0. The highest BCUT2D eigenvalue weighted by Crippen LogP contribution is 2.12. The Bertz CT molecular complexity index is 577. The zero-order valence-electron chi connectivity index (χ0n) is 11.9. The molecular weight excluding hydrogens is 290 g/mol. The van der Waals surface area contributed by atoms with Crippen molar-refractivity contribution in [3.05, 3.63) is 53.5 Å². The molecule has 0 radical (unpaired) electrons. The first kappa shape index (κ1) is 15.4. The Balaban J connectivity index is 1.72. The molecule has 0 aliphatic carbocycles. The molecule has 2 aromatic rings. The Morgan fingerprint density at radius 1 is 1.24 bits per heavy atom. The lowest BCUT2D eigenvalue weighted by atomic mass is 10.2. The summed E-state index contributed by atoms with van der Waals surface area (Å²) < 4.78 is 10.8. The number of nitrogens with one attached hydrogen (secondary N) is 1. The molecule has 0 saturated heterocycles. The van der Waals surface area contributed by atoms with Crippen LogP contribution in [0.5, 0.6) is 5.75 Å². The Labute approximate surface area is 129 Å². The second-order valence-corrected chi connectivity index (χ2v) is 4.77. The zero-order valence-corrected chi connectivity index (χ0v) is 12.7. The van der Waals surface area contributed by atoms with Crippen LogP contribution in [0, 0.1) is 0 Å². The fourth-order valence-corrected chi connectivity index (χ4v) is 1.96. The van der Waals surface area contributed by atoms with E-state index in [9.17, 15) is 4.79 Å². The normalized spacial score (nSPS) is 10.4. The Kier molecular flexibility index (Phi) is 5.69. The molecule has 0 aliphatic heterocycles. The lowest BCUT2D eigenvalue weighted by molar-refractivity contribution is 0.0918. The Hall–Kier alpha value is -1.94. The molecule has 1 aromatic heterocycles. The third-order valence-electron chi connectivity index (χ3n) is 3.01. The van der Waals surface area contributed by atoms with Crippen LogP contribution < -0.4 is 10.1 Å². The molecule has 0 aliphatic rings. The third kappa shape index (κ3) is 4.53. The first-order chi connectivity index (χ1) is 10.2. The van der Waals surface area contributed by atoms with Gasteiger partial charge in [0.2, 0.25) is 0 Å². The first-order valence-corrected chi connectivity index (χ1v) is 7.41. The van der Waals surface area contributed by atoms with Gasteiger partial charge in [-0.2, -0.15) is 0 Å². The van der Waals surface area contributed by atoms with E-state index in [1.54, 1.807) is 12.1 Å². The van der Waals surface area contributed by atoms with Gasteiger partial charge >= 0.3 is 0 Å².